The van der Waals surface area contributed by atoms with Crippen LogP contribution < -0.4 is 0 Å². The molecule has 0 saturated heterocycles. The SMILES string of the molecule is C#C[Si](C)(C)OCC(CC)[N+](=O)[O-]. The summed E-state index contributed by atoms with van der Waals surface area (Å²) in [5.74, 6) is 0. The lowest BCUT2D eigenvalue weighted by molar-refractivity contribution is -0.525. The van der Waals surface area contributed by atoms with Crippen molar-refractivity contribution in [1.29, 1.82) is 0 Å². The molecule has 0 bridgehead atoms. The average molecular weight is 201 g/mol. The molecule has 0 heterocycles. The molecule has 0 aliphatic carbocycles. The Morgan fingerprint density at radius 1 is 1.69 bits per heavy atom. The van der Waals surface area contributed by atoms with E-state index in [0.29, 0.717) is 6.42 Å². The fraction of sp³-hybridized carbons (Fsp3) is 0.750. The first-order valence-corrected chi connectivity index (χ1v) is 7.09. The lowest BCUT2D eigenvalue weighted by atomic mass is 10.3. The number of nitrogens with zero attached hydrogens (tertiary/aromatic N) is 1. The maximum absolute atomic E-state index is 10.4. The fourth-order valence-corrected chi connectivity index (χ4v) is 1.37. The zero-order valence-electron chi connectivity index (χ0n) is 8.24. The number of hydrogen-bond acceptors (Lipinski definition) is 3. The van der Waals surface area contributed by atoms with Gasteiger partial charge < -0.3 is 4.43 Å². The first-order valence-electron chi connectivity index (χ1n) is 4.18. The Labute approximate surface area is 79.6 Å². The van der Waals surface area contributed by atoms with Crippen LogP contribution in [0.1, 0.15) is 13.3 Å². The van der Waals surface area contributed by atoms with Crippen molar-refractivity contribution < 1.29 is 9.35 Å². The molecule has 0 amide bonds. The van der Waals surface area contributed by atoms with Crippen molar-refractivity contribution in [2.75, 3.05) is 6.61 Å². The van der Waals surface area contributed by atoms with Crippen molar-refractivity contribution in [3.05, 3.63) is 10.1 Å². The summed E-state index contributed by atoms with van der Waals surface area (Å²) in [5, 5.41) is 10.4. The zero-order chi connectivity index (χ0) is 10.5. The van der Waals surface area contributed by atoms with Crippen LogP contribution in [0, 0.1) is 22.1 Å². The van der Waals surface area contributed by atoms with Gasteiger partial charge in [0.15, 0.2) is 0 Å². The molecule has 5 heteroatoms. The molecule has 4 nitrogen and oxygen atoms in total. The lowest BCUT2D eigenvalue weighted by Gasteiger charge is -2.17. The van der Waals surface area contributed by atoms with Gasteiger partial charge in [-0.15, -0.1) is 12.0 Å². The summed E-state index contributed by atoms with van der Waals surface area (Å²) in [6, 6.07) is -0.625. The largest absolute Gasteiger partial charge is 0.399 e. The second kappa shape index (κ2) is 4.99. The highest BCUT2D eigenvalue weighted by Crippen LogP contribution is 2.05. The predicted octanol–water partition coefficient (Wildman–Crippen LogP) is 1.44. The molecular weight excluding hydrogens is 186 g/mol. The van der Waals surface area contributed by atoms with Crippen molar-refractivity contribution in [2.45, 2.75) is 32.5 Å². The molecule has 74 valence electrons. The van der Waals surface area contributed by atoms with Crippen molar-refractivity contribution >= 4 is 8.32 Å². The summed E-state index contributed by atoms with van der Waals surface area (Å²) >= 11 is 0. The van der Waals surface area contributed by atoms with Gasteiger partial charge in [0, 0.05) is 11.3 Å². The highest BCUT2D eigenvalue weighted by atomic mass is 28.4. The second-order valence-electron chi connectivity index (χ2n) is 3.31. The molecule has 0 fully saturated rings. The standard InChI is InChI=1S/C8H15NO3Si/c1-5-8(9(10)11)7-12-13(3,4)6-2/h2,8H,5,7H2,1,3-4H3. The van der Waals surface area contributed by atoms with Gasteiger partial charge in [0.25, 0.3) is 8.32 Å². The highest BCUT2D eigenvalue weighted by Gasteiger charge is 2.25. The van der Waals surface area contributed by atoms with Gasteiger partial charge in [0.1, 0.15) is 6.61 Å². The highest BCUT2D eigenvalue weighted by molar-refractivity contribution is 6.79. The van der Waals surface area contributed by atoms with Crippen molar-refractivity contribution in [1.82, 2.24) is 0 Å². The van der Waals surface area contributed by atoms with Gasteiger partial charge in [0.05, 0.1) is 0 Å². The number of rotatable bonds is 5. The molecule has 0 N–H and O–H groups in total. The number of terminal acetylenes is 1. The van der Waals surface area contributed by atoms with E-state index in [-0.39, 0.29) is 11.5 Å². The van der Waals surface area contributed by atoms with Crippen molar-refractivity contribution in [3.8, 4) is 12.0 Å². The molecule has 1 atom stereocenters. The minimum Gasteiger partial charge on any atom is -0.399 e. The summed E-state index contributed by atoms with van der Waals surface area (Å²) in [6.07, 6.45) is 5.70. The molecule has 0 aromatic rings. The van der Waals surface area contributed by atoms with Gasteiger partial charge in [-0.2, -0.15) is 0 Å². The molecule has 0 saturated carbocycles. The predicted molar refractivity (Wildman–Crippen MR) is 53.3 cm³/mol. The third-order valence-electron chi connectivity index (χ3n) is 1.75. The molecule has 0 radical (unpaired) electrons. The van der Waals surface area contributed by atoms with E-state index in [1.165, 1.54) is 0 Å². The smallest absolute Gasteiger partial charge is 0.266 e. The quantitative estimate of drug-likeness (QED) is 0.293. The number of hydrogen-bond donors (Lipinski definition) is 0. The Bertz CT molecular complexity index is 222. The van der Waals surface area contributed by atoms with Gasteiger partial charge in [-0.1, -0.05) is 6.92 Å². The van der Waals surface area contributed by atoms with Crippen LogP contribution >= 0.6 is 0 Å². The average Bonchev–Trinajstić information content (AvgIpc) is 2.05. The molecule has 0 aromatic heterocycles. The van der Waals surface area contributed by atoms with Crippen LogP contribution in [0.3, 0.4) is 0 Å². The monoisotopic (exact) mass is 201 g/mol. The Morgan fingerprint density at radius 3 is 2.54 bits per heavy atom. The van der Waals surface area contributed by atoms with E-state index in [0.717, 1.165) is 0 Å². The van der Waals surface area contributed by atoms with Gasteiger partial charge >= 0.3 is 0 Å². The second-order valence-corrected chi connectivity index (χ2v) is 6.91. The first-order chi connectivity index (χ1) is 5.93. The van der Waals surface area contributed by atoms with Crippen LogP contribution in [0.15, 0.2) is 0 Å². The molecule has 0 aromatic carbocycles. The third-order valence-corrected chi connectivity index (χ3v) is 3.34. The van der Waals surface area contributed by atoms with Gasteiger partial charge in [-0.05, 0) is 13.1 Å². The third kappa shape index (κ3) is 4.65. The number of nitro groups is 1. The van der Waals surface area contributed by atoms with E-state index >= 15 is 0 Å². The van der Waals surface area contributed by atoms with Crippen LogP contribution in [-0.2, 0) is 4.43 Å². The summed E-state index contributed by atoms with van der Waals surface area (Å²) in [7, 11) is -2.08. The van der Waals surface area contributed by atoms with Gasteiger partial charge in [0.2, 0.25) is 6.04 Å². The maximum Gasteiger partial charge on any atom is 0.266 e. The van der Waals surface area contributed by atoms with Crippen LogP contribution in [0.4, 0.5) is 0 Å². The van der Waals surface area contributed by atoms with Crippen molar-refractivity contribution in [2.24, 2.45) is 0 Å². The molecule has 0 aliphatic rings. The Kier molecular flexibility index (Phi) is 4.66. The van der Waals surface area contributed by atoms with E-state index < -0.39 is 14.4 Å². The van der Waals surface area contributed by atoms with Crippen molar-refractivity contribution in [3.63, 3.8) is 0 Å². The van der Waals surface area contributed by atoms with E-state index in [2.05, 4.69) is 5.54 Å². The Morgan fingerprint density at radius 2 is 2.23 bits per heavy atom. The zero-order valence-corrected chi connectivity index (χ0v) is 9.24. The maximum atomic E-state index is 10.4. The molecule has 1 unspecified atom stereocenters. The molecule has 0 aliphatic heterocycles. The van der Waals surface area contributed by atoms with Gasteiger partial charge in [-0.25, -0.2) is 0 Å². The molecule has 0 rings (SSSR count). The fourth-order valence-electron chi connectivity index (χ4n) is 0.674. The normalized spacial score (nSPS) is 13.4. The minimum absolute atomic E-state index is 0.132. The van der Waals surface area contributed by atoms with Crippen LogP contribution in [0.5, 0.6) is 0 Å². The summed E-state index contributed by atoms with van der Waals surface area (Å²) in [5.41, 5.74) is 2.55. The minimum atomic E-state index is -2.08. The van der Waals surface area contributed by atoms with Crippen LogP contribution in [0.25, 0.3) is 0 Å². The summed E-state index contributed by atoms with van der Waals surface area (Å²) in [4.78, 5) is 10.1. The van der Waals surface area contributed by atoms with E-state index in [9.17, 15) is 10.1 Å². The van der Waals surface area contributed by atoms with E-state index in [1.807, 2.05) is 13.1 Å². The lowest BCUT2D eigenvalue weighted by Crippen LogP contribution is -2.35. The molecule has 13 heavy (non-hydrogen) atoms. The Balaban J connectivity index is 4.01. The van der Waals surface area contributed by atoms with E-state index in [1.54, 1.807) is 6.92 Å². The van der Waals surface area contributed by atoms with Crippen LogP contribution in [-0.4, -0.2) is 25.9 Å². The van der Waals surface area contributed by atoms with Crippen LogP contribution in [0.2, 0.25) is 13.1 Å². The van der Waals surface area contributed by atoms with E-state index in [4.69, 9.17) is 10.8 Å². The topological polar surface area (TPSA) is 52.4 Å². The first kappa shape index (κ1) is 12.1. The summed E-state index contributed by atoms with van der Waals surface area (Å²) < 4.78 is 5.35. The summed E-state index contributed by atoms with van der Waals surface area (Å²) in [6.45, 7) is 5.59. The molecular formula is C8H15NO3Si. The Hall–Kier alpha value is -0.863. The molecule has 0 spiro atoms. The van der Waals surface area contributed by atoms with Gasteiger partial charge in [-0.3, -0.25) is 10.1 Å².